The molecule has 5 N–H and O–H groups in total. The molecule has 4 aromatic heterocycles. The van der Waals surface area contributed by atoms with E-state index in [9.17, 15) is 24.0 Å². The average molecular weight is 650 g/mol. The number of carbonyl (C=O) groups excluding carboxylic acids is 4. The zero-order valence-corrected chi connectivity index (χ0v) is 26.1. The fraction of sp³-hybridized carbons (Fsp3) is 0.265. The zero-order valence-electron chi connectivity index (χ0n) is 26.1. The second kappa shape index (κ2) is 14.6. The molecule has 0 unspecified atom stereocenters. The molecule has 5 heterocycles. The van der Waals surface area contributed by atoms with Crippen LogP contribution in [0, 0.1) is 0 Å². The predicted octanol–water partition coefficient (Wildman–Crippen LogP) is 1.49. The number of rotatable bonds is 3. The molecule has 0 saturated carbocycles. The van der Waals surface area contributed by atoms with Crippen LogP contribution in [0.2, 0.25) is 0 Å². The van der Waals surface area contributed by atoms with Crippen molar-refractivity contribution in [3.05, 3.63) is 106 Å². The Morgan fingerprint density at radius 2 is 1.71 bits per heavy atom. The monoisotopic (exact) mass is 649 g/mol. The van der Waals surface area contributed by atoms with Gasteiger partial charge < -0.3 is 31.2 Å². The summed E-state index contributed by atoms with van der Waals surface area (Å²) in [6.45, 7) is 0.637. The Hall–Kier alpha value is -6.05. The lowest BCUT2D eigenvalue weighted by Gasteiger charge is -2.22. The summed E-state index contributed by atoms with van der Waals surface area (Å²) in [6.07, 6.45) is 5.74. The number of hydrogen-bond donors (Lipinski definition) is 5. The van der Waals surface area contributed by atoms with Gasteiger partial charge >= 0.3 is 0 Å². The van der Waals surface area contributed by atoms with Gasteiger partial charge in [0, 0.05) is 62.1 Å². The van der Waals surface area contributed by atoms with Gasteiger partial charge in [0.05, 0.1) is 6.54 Å². The Kier molecular flexibility index (Phi) is 9.69. The van der Waals surface area contributed by atoms with Gasteiger partial charge in [-0.05, 0) is 48.7 Å². The number of fused-ring (bicyclic) bond motifs is 4. The molecule has 4 amide bonds. The third-order valence-electron chi connectivity index (χ3n) is 8.08. The Bertz CT molecular complexity index is 2040. The lowest BCUT2D eigenvalue weighted by atomic mass is 10.0. The van der Waals surface area contributed by atoms with Crippen molar-refractivity contribution in [2.45, 2.75) is 25.3 Å². The molecular weight excluding hydrogens is 614 g/mol. The number of aromatic amines is 1. The maximum absolute atomic E-state index is 13.6. The Balaban J connectivity index is 1.21. The van der Waals surface area contributed by atoms with Crippen molar-refractivity contribution in [2.24, 2.45) is 0 Å². The Labute approximate surface area is 275 Å². The minimum absolute atomic E-state index is 0.131. The summed E-state index contributed by atoms with van der Waals surface area (Å²) in [5.41, 5.74) is 1.64. The number of nitrogens with zero attached hydrogens (tertiary/aromatic N) is 4. The van der Waals surface area contributed by atoms with Crippen molar-refractivity contribution in [3.63, 3.8) is 0 Å². The second-order valence-electron chi connectivity index (χ2n) is 11.4. The molecule has 6 rings (SSSR count). The molecule has 1 atom stereocenters. The van der Waals surface area contributed by atoms with E-state index in [0.717, 1.165) is 16.5 Å². The normalized spacial score (nSPS) is 17.0. The number of para-hydroxylation sites is 1. The largest absolute Gasteiger partial charge is 0.368 e. The first kappa shape index (κ1) is 31.9. The van der Waals surface area contributed by atoms with Crippen LogP contribution in [0.25, 0.3) is 16.6 Å². The minimum atomic E-state index is -0.898. The highest BCUT2D eigenvalue weighted by atomic mass is 16.2. The second-order valence-corrected chi connectivity index (χ2v) is 11.4. The number of aromatic nitrogens is 4. The maximum Gasteiger partial charge on any atom is 0.270 e. The summed E-state index contributed by atoms with van der Waals surface area (Å²) in [4.78, 5) is 79.6. The van der Waals surface area contributed by atoms with Gasteiger partial charge in [-0.2, -0.15) is 0 Å². The number of hydrogen-bond acceptors (Lipinski definition) is 8. The van der Waals surface area contributed by atoms with Gasteiger partial charge in [0.15, 0.2) is 0 Å². The number of carbonyl (C=O) groups is 4. The number of anilines is 1. The summed E-state index contributed by atoms with van der Waals surface area (Å²) in [5, 5.41) is 12.6. The van der Waals surface area contributed by atoms with Crippen molar-refractivity contribution in [1.29, 1.82) is 0 Å². The van der Waals surface area contributed by atoms with E-state index in [4.69, 9.17) is 0 Å². The molecule has 0 aliphatic carbocycles. The van der Waals surface area contributed by atoms with Gasteiger partial charge in [0.1, 0.15) is 28.8 Å². The van der Waals surface area contributed by atoms with Crippen LogP contribution in [0.5, 0.6) is 0 Å². The molecule has 1 aromatic carbocycles. The van der Waals surface area contributed by atoms with Crippen molar-refractivity contribution < 1.29 is 19.2 Å². The molecule has 14 nitrogen and oxygen atoms in total. The summed E-state index contributed by atoms with van der Waals surface area (Å²) in [7, 11) is 0. The van der Waals surface area contributed by atoms with Crippen LogP contribution in [-0.2, 0) is 16.0 Å². The lowest BCUT2D eigenvalue weighted by molar-refractivity contribution is -0.123. The number of pyridine rings is 2. The van der Waals surface area contributed by atoms with Crippen LogP contribution >= 0.6 is 0 Å². The van der Waals surface area contributed by atoms with Crippen LogP contribution in [-0.4, -0.2) is 86.6 Å². The quantitative estimate of drug-likeness (QED) is 0.195. The van der Waals surface area contributed by atoms with E-state index >= 15 is 0 Å². The highest BCUT2D eigenvalue weighted by Gasteiger charge is 2.25. The maximum atomic E-state index is 13.6. The van der Waals surface area contributed by atoms with Gasteiger partial charge in [-0.1, -0.05) is 30.3 Å². The first-order valence-corrected chi connectivity index (χ1v) is 15.7. The van der Waals surface area contributed by atoms with E-state index in [1.165, 1.54) is 21.7 Å². The summed E-state index contributed by atoms with van der Waals surface area (Å²) in [6, 6.07) is 16.8. The molecule has 2 bridgehead atoms. The van der Waals surface area contributed by atoms with Crippen LogP contribution in [0.1, 0.15) is 39.3 Å². The van der Waals surface area contributed by atoms with Crippen LogP contribution < -0.4 is 26.8 Å². The molecule has 48 heavy (non-hydrogen) atoms. The fourth-order valence-electron chi connectivity index (χ4n) is 5.60. The summed E-state index contributed by atoms with van der Waals surface area (Å²) in [5.74, 6) is -1.49. The fourth-order valence-corrected chi connectivity index (χ4v) is 5.60. The van der Waals surface area contributed by atoms with E-state index in [1.54, 1.807) is 36.4 Å². The van der Waals surface area contributed by atoms with E-state index in [1.807, 2.05) is 30.5 Å². The number of H-pyrrole nitrogens is 1. The van der Waals surface area contributed by atoms with E-state index in [0.29, 0.717) is 30.9 Å². The minimum Gasteiger partial charge on any atom is -0.368 e. The van der Waals surface area contributed by atoms with E-state index in [-0.39, 0.29) is 49.8 Å². The van der Waals surface area contributed by atoms with Gasteiger partial charge in [-0.15, -0.1) is 0 Å². The molecular formula is C34H35N9O5. The smallest absolute Gasteiger partial charge is 0.270 e. The van der Waals surface area contributed by atoms with Crippen molar-refractivity contribution >= 4 is 46.0 Å². The van der Waals surface area contributed by atoms with Crippen molar-refractivity contribution in [1.82, 2.24) is 40.2 Å². The van der Waals surface area contributed by atoms with Gasteiger partial charge in [-0.25, -0.2) is 9.97 Å². The Morgan fingerprint density at radius 1 is 0.875 bits per heavy atom. The van der Waals surface area contributed by atoms with Crippen molar-refractivity contribution in [2.75, 3.05) is 38.0 Å². The molecule has 0 spiro atoms. The first-order chi connectivity index (χ1) is 23.4. The molecule has 1 aliphatic rings. The topological polar surface area (TPSA) is 183 Å². The SMILES string of the molecule is O=C1CN(C(=O)c2cnc3ccccn3c2=O)CCCCNC(=O)[C@H](Cc2c[nH]c3ccccc23)NC(=O)c2cccc(n2)NCCN1. The van der Waals surface area contributed by atoms with Gasteiger partial charge in [-0.3, -0.25) is 28.4 Å². The molecule has 5 aromatic rings. The molecule has 0 radical (unpaired) electrons. The van der Waals surface area contributed by atoms with Crippen LogP contribution in [0.4, 0.5) is 5.82 Å². The van der Waals surface area contributed by atoms with Gasteiger partial charge in [0.2, 0.25) is 11.8 Å². The molecule has 0 fully saturated rings. The zero-order chi connectivity index (χ0) is 33.5. The van der Waals surface area contributed by atoms with Crippen LogP contribution in [0.3, 0.4) is 0 Å². The van der Waals surface area contributed by atoms with Crippen molar-refractivity contribution in [3.8, 4) is 0 Å². The van der Waals surface area contributed by atoms with Gasteiger partial charge in [0.25, 0.3) is 17.4 Å². The third kappa shape index (κ3) is 7.33. The van der Waals surface area contributed by atoms with E-state index < -0.39 is 29.3 Å². The summed E-state index contributed by atoms with van der Waals surface area (Å²) >= 11 is 0. The lowest BCUT2D eigenvalue weighted by Crippen LogP contribution is -2.48. The van der Waals surface area contributed by atoms with E-state index in [2.05, 4.69) is 36.2 Å². The highest BCUT2D eigenvalue weighted by Crippen LogP contribution is 2.19. The third-order valence-corrected chi connectivity index (χ3v) is 8.08. The number of benzene rings is 1. The molecule has 14 heteroatoms. The molecule has 0 saturated heterocycles. The summed E-state index contributed by atoms with van der Waals surface area (Å²) < 4.78 is 1.29. The number of nitrogens with one attached hydrogen (secondary N) is 5. The molecule has 246 valence electrons. The first-order valence-electron chi connectivity index (χ1n) is 15.7. The Morgan fingerprint density at radius 3 is 2.60 bits per heavy atom. The average Bonchev–Trinajstić information content (AvgIpc) is 3.51. The standard InChI is InChI=1S/C34H35N9O5/c44-30-21-42(33(47)24-20-39-29-12-3-5-17-43(29)34(24)48)16-6-4-13-37-31(45)27(18-22-19-38-25-9-2-1-8-23(22)25)41-32(46)26-10-7-11-28(40-26)35-14-15-36-30/h1-3,5,7-12,17,19-20,27,38H,4,6,13-16,18,21H2,(H,35,40)(H,36,44)(H,37,45)(H,41,46)/t27-/m0/s1. The predicted molar refractivity (Wildman–Crippen MR) is 179 cm³/mol. The molecule has 1 aliphatic heterocycles. The highest BCUT2D eigenvalue weighted by molar-refractivity contribution is 5.97. The van der Waals surface area contributed by atoms with Crippen LogP contribution in [0.15, 0.2) is 84.0 Å². The number of amides is 4.